The normalized spacial score (nSPS) is 10.9. The van der Waals surface area contributed by atoms with E-state index in [2.05, 4.69) is 16.0 Å². The van der Waals surface area contributed by atoms with E-state index in [4.69, 9.17) is 9.15 Å². The molecule has 0 fully saturated rings. The van der Waals surface area contributed by atoms with Crippen LogP contribution in [-0.4, -0.2) is 17.1 Å². The van der Waals surface area contributed by atoms with Crippen LogP contribution in [0.5, 0.6) is 5.75 Å². The highest BCUT2D eigenvalue weighted by Crippen LogP contribution is 2.30. The second-order valence-electron chi connectivity index (χ2n) is 5.49. The summed E-state index contributed by atoms with van der Waals surface area (Å²) in [4.78, 5) is 10.2. The molecule has 124 valence electrons. The number of thioether (sulfide) groups is 1. The quantitative estimate of drug-likeness (QED) is 0.464. The molecule has 2 aromatic carbocycles. The van der Waals surface area contributed by atoms with E-state index < -0.39 is 0 Å². The molecule has 0 aliphatic rings. The fourth-order valence-electron chi connectivity index (χ4n) is 2.59. The summed E-state index contributed by atoms with van der Waals surface area (Å²) in [7, 11) is 1.65. The first-order chi connectivity index (χ1) is 12.3. The molecule has 0 saturated carbocycles. The lowest BCUT2D eigenvalue weighted by Gasteiger charge is -2.04. The monoisotopic (exact) mass is 348 g/mol. The summed E-state index contributed by atoms with van der Waals surface area (Å²) < 4.78 is 10.8. The molecule has 5 heteroatoms. The molecular formula is C20H16N2O2S. The molecule has 4 aromatic rings. The molecule has 0 spiro atoms. The summed E-state index contributed by atoms with van der Waals surface area (Å²) in [6, 6.07) is 17.9. The van der Waals surface area contributed by atoms with Crippen LogP contribution in [0.2, 0.25) is 0 Å². The number of ether oxygens (including phenoxy) is 1. The number of hydrogen-bond donors (Lipinski definition) is 0. The smallest absolute Gasteiger partial charge is 0.226 e. The van der Waals surface area contributed by atoms with Crippen LogP contribution in [0.1, 0.15) is 5.69 Å². The Kier molecular flexibility index (Phi) is 4.39. The van der Waals surface area contributed by atoms with Crippen LogP contribution in [0.15, 0.2) is 76.4 Å². The molecule has 2 heterocycles. The Hall–Kier alpha value is -2.79. The van der Waals surface area contributed by atoms with Crippen molar-refractivity contribution in [2.75, 3.05) is 7.11 Å². The van der Waals surface area contributed by atoms with Crippen molar-refractivity contribution >= 4 is 22.7 Å². The SMILES string of the molecule is COc1ccc(-c2nc(CSc3ccnc4ccccc34)co2)cc1. The zero-order chi connectivity index (χ0) is 17.1. The van der Waals surface area contributed by atoms with Crippen LogP contribution in [0.25, 0.3) is 22.4 Å². The summed E-state index contributed by atoms with van der Waals surface area (Å²) in [6.45, 7) is 0. The maximum atomic E-state index is 5.62. The maximum absolute atomic E-state index is 5.62. The predicted octanol–water partition coefficient (Wildman–Crippen LogP) is 5.19. The van der Waals surface area contributed by atoms with E-state index in [0.717, 1.165) is 33.7 Å². The molecule has 25 heavy (non-hydrogen) atoms. The second kappa shape index (κ2) is 6.99. The Labute approximate surface area is 149 Å². The van der Waals surface area contributed by atoms with Gasteiger partial charge >= 0.3 is 0 Å². The molecule has 0 unspecified atom stereocenters. The van der Waals surface area contributed by atoms with Gasteiger partial charge in [-0.1, -0.05) is 18.2 Å². The number of methoxy groups -OCH3 is 1. The van der Waals surface area contributed by atoms with Crippen molar-refractivity contribution in [1.29, 1.82) is 0 Å². The van der Waals surface area contributed by atoms with Gasteiger partial charge in [-0.15, -0.1) is 11.8 Å². The molecule has 0 aliphatic carbocycles. The molecule has 0 radical (unpaired) electrons. The highest BCUT2D eigenvalue weighted by atomic mass is 32.2. The lowest BCUT2D eigenvalue weighted by molar-refractivity contribution is 0.415. The third-order valence-electron chi connectivity index (χ3n) is 3.87. The van der Waals surface area contributed by atoms with E-state index in [0.29, 0.717) is 5.89 Å². The molecule has 0 atom stereocenters. The number of rotatable bonds is 5. The van der Waals surface area contributed by atoms with Gasteiger partial charge in [-0.05, 0) is 36.4 Å². The number of oxazole rings is 1. The molecular weight excluding hydrogens is 332 g/mol. The summed E-state index contributed by atoms with van der Waals surface area (Å²) in [5.41, 5.74) is 2.86. The van der Waals surface area contributed by atoms with Crippen LogP contribution >= 0.6 is 11.8 Å². The van der Waals surface area contributed by atoms with Crippen LogP contribution in [0.4, 0.5) is 0 Å². The molecule has 4 rings (SSSR count). The standard InChI is InChI=1S/C20H16N2O2S/c1-23-16-8-6-14(7-9-16)20-22-15(12-24-20)13-25-19-10-11-21-18-5-3-2-4-17(18)19/h2-12H,13H2,1H3. The highest BCUT2D eigenvalue weighted by molar-refractivity contribution is 7.98. The van der Waals surface area contributed by atoms with Gasteiger partial charge in [0.25, 0.3) is 0 Å². The maximum Gasteiger partial charge on any atom is 0.226 e. The fourth-order valence-corrected chi connectivity index (χ4v) is 3.51. The van der Waals surface area contributed by atoms with E-state index in [-0.39, 0.29) is 0 Å². The first-order valence-electron chi connectivity index (χ1n) is 7.89. The number of fused-ring (bicyclic) bond motifs is 1. The van der Waals surface area contributed by atoms with Gasteiger partial charge in [0.2, 0.25) is 5.89 Å². The Morgan fingerprint density at radius 2 is 1.88 bits per heavy atom. The van der Waals surface area contributed by atoms with Crippen LogP contribution < -0.4 is 4.74 Å². The number of nitrogens with zero attached hydrogens (tertiary/aromatic N) is 2. The third kappa shape index (κ3) is 3.37. The summed E-state index contributed by atoms with van der Waals surface area (Å²) in [5.74, 6) is 2.18. The van der Waals surface area contributed by atoms with E-state index in [9.17, 15) is 0 Å². The minimum Gasteiger partial charge on any atom is -0.497 e. The first kappa shape index (κ1) is 15.7. The van der Waals surface area contributed by atoms with Crippen molar-refractivity contribution in [2.24, 2.45) is 0 Å². The van der Waals surface area contributed by atoms with Crippen LogP contribution in [0.3, 0.4) is 0 Å². The van der Waals surface area contributed by atoms with Crippen molar-refractivity contribution in [3.05, 3.63) is 72.8 Å². The van der Waals surface area contributed by atoms with E-state index in [1.807, 2.05) is 54.7 Å². The van der Waals surface area contributed by atoms with Gasteiger partial charge in [0.05, 0.1) is 18.3 Å². The Morgan fingerprint density at radius 1 is 1.04 bits per heavy atom. The Balaban J connectivity index is 1.51. The lowest BCUT2D eigenvalue weighted by Crippen LogP contribution is -1.85. The van der Waals surface area contributed by atoms with Gasteiger partial charge in [0.1, 0.15) is 12.0 Å². The summed E-state index contributed by atoms with van der Waals surface area (Å²) in [6.07, 6.45) is 3.56. The van der Waals surface area contributed by atoms with Crippen molar-refractivity contribution in [1.82, 2.24) is 9.97 Å². The molecule has 0 saturated heterocycles. The number of aromatic nitrogens is 2. The number of pyridine rings is 1. The van der Waals surface area contributed by atoms with E-state index >= 15 is 0 Å². The number of benzene rings is 2. The molecule has 0 amide bonds. The lowest BCUT2D eigenvalue weighted by atomic mass is 10.2. The van der Waals surface area contributed by atoms with Crippen molar-refractivity contribution in [3.8, 4) is 17.2 Å². The van der Waals surface area contributed by atoms with E-state index in [1.54, 1.807) is 25.1 Å². The Morgan fingerprint density at radius 3 is 2.72 bits per heavy atom. The highest BCUT2D eigenvalue weighted by Gasteiger charge is 2.09. The summed E-state index contributed by atoms with van der Waals surface area (Å²) in [5, 5.41) is 1.16. The average Bonchev–Trinajstić information content (AvgIpc) is 3.15. The first-order valence-corrected chi connectivity index (χ1v) is 8.87. The van der Waals surface area contributed by atoms with Gasteiger partial charge in [0, 0.05) is 27.8 Å². The molecule has 0 N–H and O–H groups in total. The fraction of sp³-hybridized carbons (Fsp3) is 0.100. The average molecular weight is 348 g/mol. The third-order valence-corrected chi connectivity index (χ3v) is 4.98. The van der Waals surface area contributed by atoms with Gasteiger partial charge < -0.3 is 9.15 Å². The summed E-state index contributed by atoms with van der Waals surface area (Å²) >= 11 is 1.74. The van der Waals surface area contributed by atoms with Crippen molar-refractivity contribution in [3.63, 3.8) is 0 Å². The second-order valence-corrected chi connectivity index (χ2v) is 6.50. The van der Waals surface area contributed by atoms with Gasteiger partial charge in [-0.3, -0.25) is 4.98 Å². The van der Waals surface area contributed by atoms with Crippen molar-refractivity contribution < 1.29 is 9.15 Å². The van der Waals surface area contributed by atoms with Crippen molar-refractivity contribution in [2.45, 2.75) is 10.6 Å². The Bertz CT molecular complexity index is 991. The van der Waals surface area contributed by atoms with Crippen LogP contribution in [0, 0.1) is 0 Å². The zero-order valence-electron chi connectivity index (χ0n) is 13.7. The van der Waals surface area contributed by atoms with Gasteiger partial charge in [-0.25, -0.2) is 4.98 Å². The number of hydrogen-bond acceptors (Lipinski definition) is 5. The minimum absolute atomic E-state index is 0.623. The van der Waals surface area contributed by atoms with Crippen LogP contribution in [-0.2, 0) is 5.75 Å². The largest absolute Gasteiger partial charge is 0.497 e. The molecule has 4 nitrogen and oxygen atoms in total. The number of para-hydroxylation sites is 1. The van der Waals surface area contributed by atoms with E-state index in [1.165, 1.54) is 4.90 Å². The minimum atomic E-state index is 0.623. The zero-order valence-corrected chi connectivity index (χ0v) is 14.5. The molecule has 2 aromatic heterocycles. The topological polar surface area (TPSA) is 48.2 Å². The predicted molar refractivity (Wildman–Crippen MR) is 99.8 cm³/mol. The van der Waals surface area contributed by atoms with Gasteiger partial charge in [0.15, 0.2) is 0 Å². The molecule has 0 bridgehead atoms. The van der Waals surface area contributed by atoms with Gasteiger partial charge in [-0.2, -0.15) is 0 Å². The molecule has 0 aliphatic heterocycles.